The molecule has 1 atom stereocenters. The Hall–Kier alpha value is -1.15. The maximum absolute atomic E-state index is 12.5. The topological polar surface area (TPSA) is 52.0 Å². The Morgan fingerprint density at radius 1 is 1.06 bits per heavy atom. The van der Waals surface area contributed by atoms with Crippen molar-refractivity contribution in [3.63, 3.8) is 0 Å². The van der Waals surface area contributed by atoms with Crippen LogP contribution in [0.1, 0.15) is 17.2 Å². The highest BCUT2D eigenvalue weighted by Crippen LogP contribution is 2.40. The Morgan fingerprint density at radius 2 is 1.56 bits per heavy atom. The lowest BCUT2D eigenvalue weighted by molar-refractivity contribution is -0.150. The number of alkyl halides is 6. The molecule has 0 spiro atoms. The first kappa shape index (κ1) is 14.9. The van der Waals surface area contributed by atoms with E-state index in [4.69, 9.17) is 23.1 Å². The number of anilines is 1. The number of nitrogens with two attached hydrogens (primary N) is 2. The fourth-order valence-electron chi connectivity index (χ4n) is 1.24. The summed E-state index contributed by atoms with van der Waals surface area (Å²) >= 11 is 5.37. The van der Waals surface area contributed by atoms with E-state index >= 15 is 0 Å². The van der Waals surface area contributed by atoms with Gasteiger partial charge in [0, 0.05) is 0 Å². The van der Waals surface area contributed by atoms with Gasteiger partial charge in [0.25, 0.3) is 0 Å². The molecule has 4 N–H and O–H groups in total. The summed E-state index contributed by atoms with van der Waals surface area (Å²) in [4.78, 5) is 0. The Morgan fingerprint density at radius 3 is 1.94 bits per heavy atom. The van der Waals surface area contributed by atoms with Gasteiger partial charge in [-0.3, -0.25) is 0 Å². The molecule has 2 nitrogen and oxygen atoms in total. The van der Waals surface area contributed by atoms with Gasteiger partial charge in [0.15, 0.2) is 0 Å². The third kappa shape index (κ3) is 2.99. The standard InChI is InChI=1S/C9H7ClF6N2/c10-5-2-3(7(18)9(14,15)16)1-4(6(5)17)8(11,12)13/h1-2,7H,17-18H2/t7-/m0/s1. The third-order valence-electron chi connectivity index (χ3n) is 2.17. The zero-order valence-electron chi connectivity index (χ0n) is 8.53. The molecule has 0 amide bonds. The van der Waals surface area contributed by atoms with Crippen LogP contribution in [0.3, 0.4) is 0 Å². The van der Waals surface area contributed by atoms with Gasteiger partial charge >= 0.3 is 12.4 Å². The van der Waals surface area contributed by atoms with Crippen molar-refractivity contribution in [3.8, 4) is 0 Å². The molecule has 0 fully saturated rings. The first-order valence-corrected chi connectivity index (χ1v) is 4.80. The van der Waals surface area contributed by atoms with E-state index in [9.17, 15) is 26.3 Å². The van der Waals surface area contributed by atoms with Crippen LogP contribution in [0, 0.1) is 0 Å². The summed E-state index contributed by atoms with van der Waals surface area (Å²) in [7, 11) is 0. The van der Waals surface area contributed by atoms with E-state index in [2.05, 4.69) is 0 Å². The van der Waals surface area contributed by atoms with Crippen LogP contribution < -0.4 is 11.5 Å². The van der Waals surface area contributed by atoms with Crippen molar-refractivity contribution in [1.82, 2.24) is 0 Å². The fourth-order valence-corrected chi connectivity index (χ4v) is 1.47. The van der Waals surface area contributed by atoms with Crippen molar-refractivity contribution in [1.29, 1.82) is 0 Å². The second-order valence-corrected chi connectivity index (χ2v) is 3.89. The Kier molecular flexibility index (Phi) is 3.73. The van der Waals surface area contributed by atoms with Crippen molar-refractivity contribution in [2.75, 3.05) is 5.73 Å². The van der Waals surface area contributed by atoms with Crippen molar-refractivity contribution < 1.29 is 26.3 Å². The highest BCUT2D eigenvalue weighted by Gasteiger charge is 2.40. The molecule has 0 saturated heterocycles. The van der Waals surface area contributed by atoms with E-state index < -0.39 is 40.2 Å². The summed E-state index contributed by atoms with van der Waals surface area (Å²) in [6.45, 7) is 0. The molecule has 0 saturated carbocycles. The van der Waals surface area contributed by atoms with Crippen LogP contribution in [0.4, 0.5) is 32.0 Å². The molecule has 1 aromatic carbocycles. The zero-order chi connectivity index (χ0) is 14.3. The number of hydrogen-bond acceptors (Lipinski definition) is 2. The van der Waals surface area contributed by atoms with E-state index in [1.165, 1.54) is 0 Å². The monoisotopic (exact) mass is 292 g/mol. The number of benzene rings is 1. The summed E-state index contributed by atoms with van der Waals surface area (Å²) < 4.78 is 74.5. The van der Waals surface area contributed by atoms with Gasteiger partial charge in [0.05, 0.1) is 16.3 Å². The van der Waals surface area contributed by atoms with E-state index in [0.717, 1.165) is 0 Å². The van der Waals surface area contributed by atoms with Crippen molar-refractivity contribution in [2.24, 2.45) is 5.73 Å². The molecule has 0 radical (unpaired) electrons. The first-order valence-electron chi connectivity index (χ1n) is 4.43. The molecule has 0 aliphatic carbocycles. The van der Waals surface area contributed by atoms with Gasteiger partial charge in [-0.1, -0.05) is 11.6 Å². The molecule has 1 aromatic rings. The Balaban J connectivity index is 3.38. The maximum atomic E-state index is 12.5. The van der Waals surface area contributed by atoms with Crippen LogP contribution >= 0.6 is 11.6 Å². The smallest absolute Gasteiger partial charge is 0.397 e. The molecule has 0 aromatic heterocycles. The van der Waals surface area contributed by atoms with Gasteiger partial charge in [0.1, 0.15) is 6.04 Å². The van der Waals surface area contributed by atoms with E-state index in [1.54, 1.807) is 0 Å². The predicted molar refractivity (Wildman–Crippen MR) is 53.8 cm³/mol. The Labute approximate surface area is 103 Å². The molecule has 18 heavy (non-hydrogen) atoms. The van der Waals surface area contributed by atoms with Gasteiger partial charge < -0.3 is 11.5 Å². The molecule has 0 bridgehead atoms. The normalized spacial score (nSPS) is 14.7. The average Bonchev–Trinajstić information content (AvgIpc) is 2.17. The van der Waals surface area contributed by atoms with Gasteiger partial charge in [-0.05, 0) is 17.7 Å². The minimum absolute atomic E-state index is 0.249. The second kappa shape index (κ2) is 4.51. The lowest BCUT2D eigenvalue weighted by Crippen LogP contribution is -2.29. The predicted octanol–water partition coefficient (Wildman–Crippen LogP) is 3.50. The number of halogens is 7. The largest absolute Gasteiger partial charge is 0.418 e. The van der Waals surface area contributed by atoms with E-state index in [-0.39, 0.29) is 6.07 Å². The molecule has 1 rings (SSSR count). The molecule has 0 aliphatic heterocycles. The van der Waals surface area contributed by atoms with Gasteiger partial charge in [-0.15, -0.1) is 0 Å². The lowest BCUT2D eigenvalue weighted by atomic mass is 10.0. The molecule has 0 aliphatic rings. The number of rotatable bonds is 1. The van der Waals surface area contributed by atoms with Gasteiger partial charge in [0.2, 0.25) is 0 Å². The van der Waals surface area contributed by atoms with Crippen LogP contribution in [-0.4, -0.2) is 6.18 Å². The van der Waals surface area contributed by atoms with E-state index in [1.807, 2.05) is 0 Å². The zero-order valence-corrected chi connectivity index (χ0v) is 9.29. The molecule has 102 valence electrons. The van der Waals surface area contributed by atoms with Crippen molar-refractivity contribution in [2.45, 2.75) is 18.4 Å². The third-order valence-corrected chi connectivity index (χ3v) is 2.48. The van der Waals surface area contributed by atoms with Crippen LogP contribution in [0.5, 0.6) is 0 Å². The van der Waals surface area contributed by atoms with Crippen molar-refractivity contribution >= 4 is 17.3 Å². The summed E-state index contributed by atoms with van der Waals surface area (Å²) in [5, 5.41) is -0.625. The number of hydrogen-bond donors (Lipinski definition) is 2. The summed E-state index contributed by atoms with van der Waals surface area (Å²) in [6.07, 6.45) is -9.78. The molecular formula is C9H7ClF6N2. The Bertz CT molecular complexity index is 454. The number of nitrogen functional groups attached to an aromatic ring is 1. The SMILES string of the molecule is Nc1c(Cl)cc([C@H](N)C(F)(F)F)cc1C(F)(F)F. The maximum Gasteiger partial charge on any atom is 0.418 e. The van der Waals surface area contributed by atoms with Gasteiger partial charge in [-0.2, -0.15) is 26.3 Å². The first-order chi connectivity index (χ1) is 7.94. The van der Waals surface area contributed by atoms with Crippen LogP contribution in [0.25, 0.3) is 0 Å². The fraction of sp³-hybridized carbons (Fsp3) is 0.333. The van der Waals surface area contributed by atoms with Crippen molar-refractivity contribution in [3.05, 3.63) is 28.3 Å². The minimum Gasteiger partial charge on any atom is -0.397 e. The quantitative estimate of drug-likeness (QED) is 0.615. The van der Waals surface area contributed by atoms with Crippen LogP contribution in [0.15, 0.2) is 12.1 Å². The summed E-state index contributed by atoms with van der Waals surface area (Å²) in [6, 6.07) is -1.64. The van der Waals surface area contributed by atoms with Gasteiger partial charge in [-0.25, -0.2) is 0 Å². The average molecular weight is 293 g/mol. The molecule has 9 heteroatoms. The highest BCUT2D eigenvalue weighted by atomic mass is 35.5. The van der Waals surface area contributed by atoms with E-state index in [0.29, 0.717) is 6.07 Å². The molecule has 0 heterocycles. The minimum atomic E-state index is -4.91. The van der Waals surface area contributed by atoms with Crippen LogP contribution in [0.2, 0.25) is 5.02 Å². The summed E-state index contributed by atoms with van der Waals surface area (Å²) in [5.41, 5.74) is 6.82. The summed E-state index contributed by atoms with van der Waals surface area (Å²) in [5.74, 6) is 0. The highest BCUT2D eigenvalue weighted by molar-refractivity contribution is 6.33. The molecule has 0 unspecified atom stereocenters. The van der Waals surface area contributed by atoms with Crippen LogP contribution in [-0.2, 0) is 6.18 Å². The lowest BCUT2D eigenvalue weighted by Gasteiger charge is -2.19. The molecular weight excluding hydrogens is 286 g/mol. The second-order valence-electron chi connectivity index (χ2n) is 3.48.